The van der Waals surface area contributed by atoms with Gasteiger partial charge in [-0.15, -0.1) is 11.3 Å². The van der Waals surface area contributed by atoms with E-state index in [0.717, 1.165) is 4.88 Å². The molecule has 0 aliphatic heterocycles. The van der Waals surface area contributed by atoms with E-state index in [0.29, 0.717) is 17.4 Å². The molecule has 0 aliphatic carbocycles. The molecule has 0 saturated heterocycles. The summed E-state index contributed by atoms with van der Waals surface area (Å²) >= 11 is 7.58. The second-order valence-electron chi connectivity index (χ2n) is 3.87. The molecule has 0 saturated carbocycles. The third-order valence-electron chi connectivity index (χ3n) is 2.43. The molecule has 4 N–H and O–H groups in total. The number of aryl methyl sites for hydroxylation is 1. The van der Waals surface area contributed by atoms with Crippen LogP contribution in [0.1, 0.15) is 20.2 Å². The van der Waals surface area contributed by atoms with Crippen molar-refractivity contribution in [2.45, 2.75) is 13.5 Å². The summed E-state index contributed by atoms with van der Waals surface area (Å²) in [4.78, 5) is 18.3. The molecule has 7 heteroatoms. The maximum Gasteiger partial charge on any atom is 0.271 e. The largest absolute Gasteiger partial charge is 0.346 e. The smallest absolute Gasteiger partial charge is 0.271 e. The van der Waals surface area contributed by atoms with Crippen LogP contribution in [0.3, 0.4) is 0 Å². The van der Waals surface area contributed by atoms with Crippen molar-refractivity contribution >= 4 is 34.7 Å². The molecule has 2 rings (SSSR count). The van der Waals surface area contributed by atoms with Gasteiger partial charge in [-0.3, -0.25) is 4.79 Å². The van der Waals surface area contributed by atoms with E-state index in [1.165, 1.54) is 4.88 Å². The number of nitrogens with two attached hydrogens (primary N) is 1. The Morgan fingerprint density at radius 2 is 2.21 bits per heavy atom. The quantitative estimate of drug-likeness (QED) is 0.597. The van der Waals surface area contributed by atoms with Crippen LogP contribution in [-0.2, 0) is 6.54 Å². The van der Waals surface area contributed by atoms with Gasteiger partial charge in [-0.25, -0.2) is 10.8 Å². The molecule has 0 radical (unpaired) electrons. The first kappa shape index (κ1) is 13.8. The first-order chi connectivity index (χ1) is 9.10. The number of carbonyl (C=O) groups is 1. The highest BCUT2D eigenvalue weighted by Crippen LogP contribution is 2.17. The number of thiophene rings is 1. The minimum absolute atomic E-state index is 0.158. The summed E-state index contributed by atoms with van der Waals surface area (Å²) in [7, 11) is 0. The molecule has 2 aromatic rings. The van der Waals surface area contributed by atoms with E-state index in [1.54, 1.807) is 23.5 Å². The number of nitrogen functional groups attached to an aromatic ring is 1. The van der Waals surface area contributed by atoms with Crippen LogP contribution in [0.5, 0.6) is 0 Å². The van der Waals surface area contributed by atoms with Crippen molar-refractivity contribution in [1.29, 1.82) is 0 Å². The number of pyridine rings is 1. The number of halogens is 1. The van der Waals surface area contributed by atoms with Crippen molar-refractivity contribution in [1.82, 2.24) is 10.3 Å². The van der Waals surface area contributed by atoms with Gasteiger partial charge in [0.25, 0.3) is 5.91 Å². The fraction of sp³-hybridized carbons (Fsp3) is 0.167. The number of amides is 1. The molecule has 0 bridgehead atoms. The van der Waals surface area contributed by atoms with Crippen LogP contribution in [0.15, 0.2) is 24.3 Å². The summed E-state index contributed by atoms with van der Waals surface area (Å²) in [5.41, 5.74) is 2.54. The Kier molecular flexibility index (Phi) is 4.36. The molecule has 0 atom stereocenters. The second kappa shape index (κ2) is 6.01. The number of anilines is 1. The van der Waals surface area contributed by atoms with E-state index in [4.69, 9.17) is 17.4 Å². The summed E-state index contributed by atoms with van der Waals surface area (Å²) in [6, 6.07) is 7.17. The van der Waals surface area contributed by atoms with Gasteiger partial charge in [-0.05, 0) is 31.2 Å². The molecule has 100 valence electrons. The molecule has 5 nitrogen and oxygen atoms in total. The number of hydrogen-bond acceptors (Lipinski definition) is 5. The van der Waals surface area contributed by atoms with Gasteiger partial charge in [-0.2, -0.15) is 0 Å². The maximum atomic E-state index is 12.0. The fourth-order valence-electron chi connectivity index (χ4n) is 1.51. The summed E-state index contributed by atoms with van der Waals surface area (Å²) in [5, 5.41) is 3.07. The van der Waals surface area contributed by atoms with Crippen molar-refractivity contribution in [3.8, 4) is 0 Å². The number of hydrogen-bond donors (Lipinski definition) is 3. The molecule has 0 unspecified atom stereocenters. The fourth-order valence-corrected chi connectivity index (χ4v) is 2.53. The zero-order valence-corrected chi connectivity index (χ0v) is 11.8. The van der Waals surface area contributed by atoms with Crippen LogP contribution in [0.2, 0.25) is 5.02 Å². The Morgan fingerprint density at radius 1 is 1.42 bits per heavy atom. The van der Waals surface area contributed by atoms with Crippen molar-refractivity contribution < 1.29 is 4.79 Å². The van der Waals surface area contributed by atoms with Gasteiger partial charge >= 0.3 is 0 Å². The molecule has 2 heterocycles. The molecule has 0 fully saturated rings. The monoisotopic (exact) mass is 296 g/mol. The van der Waals surface area contributed by atoms with Crippen molar-refractivity contribution in [2.75, 3.05) is 5.43 Å². The predicted octanol–water partition coefficient (Wildman–Crippen LogP) is 2.32. The summed E-state index contributed by atoms with van der Waals surface area (Å²) in [5.74, 6) is 5.32. The van der Waals surface area contributed by atoms with E-state index in [-0.39, 0.29) is 11.6 Å². The highest BCUT2D eigenvalue weighted by Gasteiger charge is 2.13. The van der Waals surface area contributed by atoms with Gasteiger partial charge in [0.2, 0.25) is 0 Å². The van der Waals surface area contributed by atoms with E-state index < -0.39 is 0 Å². The van der Waals surface area contributed by atoms with Gasteiger partial charge in [0, 0.05) is 9.75 Å². The lowest BCUT2D eigenvalue weighted by atomic mass is 10.3. The Labute approximate surface area is 119 Å². The van der Waals surface area contributed by atoms with Crippen LogP contribution < -0.4 is 16.6 Å². The average Bonchev–Trinajstić information content (AvgIpc) is 2.82. The Hall–Kier alpha value is -1.63. The number of hydrazine groups is 1. The Balaban J connectivity index is 2.07. The van der Waals surface area contributed by atoms with Crippen LogP contribution >= 0.6 is 22.9 Å². The lowest BCUT2D eigenvalue weighted by Crippen LogP contribution is -2.24. The van der Waals surface area contributed by atoms with E-state index in [2.05, 4.69) is 15.7 Å². The molecule has 2 aromatic heterocycles. The summed E-state index contributed by atoms with van der Waals surface area (Å²) < 4.78 is 0. The van der Waals surface area contributed by atoms with Crippen LogP contribution in [-0.4, -0.2) is 10.9 Å². The number of carbonyl (C=O) groups excluding carboxylic acids is 1. The second-order valence-corrected chi connectivity index (χ2v) is 5.65. The maximum absolute atomic E-state index is 12.0. The zero-order valence-electron chi connectivity index (χ0n) is 10.2. The van der Waals surface area contributed by atoms with E-state index >= 15 is 0 Å². The predicted molar refractivity (Wildman–Crippen MR) is 77.3 cm³/mol. The number of aromatic nitrogens is 1. The highest BCUT2D eigenvalue weighted by atomic mass is 35.5. The standard InChI is InChI=1S/C12H13ClN4OS/c1-7-2-3-8(19-7)6-15-12(18)11-9(13)4-5-10(16-11)17-14/h2-5H,6,14H2,1H3,(H,15,18)(H,16,17). The molecular weight excluding hydrogens is 284 g/mol. The van der Waals surface area contributed by atoms with Gasteiger partial charge in [0.15, 0.2) is 0 Å². The first-order valence-electron chi connectivity index (χ1n) is 5.57. The summed E-state index contributed by atoms with van der Waals surface area (Å²) in [6.45, 7) is 2.47. The van der Waals surface area contributed by atoms with Crippen molar-refractivity contribution in [2.24, 2.45) is 5.84 Å². The number of nitrogens with zero attached hydrogens (tertiary/aromatic N) is 1. The average molecular weight is 297 g/mol. The minimum Gasteiger partial charge on any atom is -0.346 e. The van der Waals surface area contributed by atoms with Gasteiger partial charge in [0.05, 0.1) is 11.6 Å². The third kappa shape index (κ3) is 3.44. The zero-order chi connectivity index (χ0) is 13.8. The van der Waals surface area contributed by atoms with Crippen LogP contribution in [0, 0.1) is 6.92 Å². The van der Waals surface area contributed by atoms with E-state index in [9.17, 15) is 4.79 Å². The molecule has 0 spiro atoms. The number of rotatable bonds is 4. The molecular formula is C12H13ClN4OS. The first-order valence-corrected chi connectivity index (χ1v) is 6.76. The SMILES string of the molecule is Cc1ccc(CNC(=O)c2nc(NN)ccc2Cl)s1. The lowest BCUT2D eigenvalue weighted by molar-refractivity contribution is 0.0946. The van der Waals surface area contributed by atoms with Gasteiger partial charge in [-0.1, -0.05) is 11.6 Å². The summed E-state index contributed by atoms with van der Waals surface area (Å²) in [6.07, 6.45) is 0. The molecule has 1 amide bonds. The Bertz CT molecular complexity index is 599. The van der Waals surface area contributed by atoms with E-state index in [1.807, 2.05) is 19.1 Å². The van der Waals surface area contributed by atoms with Crippen LogP contribution in [0.25, 0.3) is 0 Å². The topological polar surface area (TPSA) is 80.0 Å². The van der Waals surface area contributed by atoms with Crippen molar-refractivity contribution in [3.05, 3.63) is 44.7 Å². The lowest BCUT2D eigenvalue weighted by Gasteiger charge is -2.06. The normalized spacial score (nSPS) is 10.3. The highest BCUT2D eigenvalue weighted by molar-refractivity contribution is 7.11. The number of nitrogens with one attached hydrogen (secondary N) is 2. The van der Waals surface area contributed by atoms with Crippen LogP contribution in [0.4, 0.5) is 5.82 Å². The van der Waals surface area contributed by atoms with Gasteiger partial charge < -0.3 is 10.7 Å². The molecule has 0 aliphatic rings. The minimum atomic E-state index is -0.326. The van der Waals surface area contributed by atoms with Gasteiger partial charge in [0.1, 0.15) is 11.5 Å². The Morgan fingerprint density at radius 3 is 2.84 bits per heavy atom. The third-order valence-corrected chi connectivity index (χ3v) is 3.73. The molecule has 0 aromatic carbocycles. The van der Waals surface area contributed by atoms with Crippen molar-refractivity contribution in [3.63, 3.8) is 0 Å². The molecule has 19 heavy (non-hydrogen) atoms.